The minimum Gasteiger partial charge on any atom is -0.363 e. The first-order valence-corrected chi connectivity index (χ1v) is 7.38. The molecule has 0 amide bonds. The third-order valence-electron chi connectivity index (χ3n) is 3.43. The first kappa shape index (κ1) is 16.7. The molecular weight excluding hydrogens is 296 g/mol. The molecule has 8 heteroatoms. The summed E-state index contributed by atoms with van der Waals surface area (Å²) in [6.45, 7) is 1.00. The minimum atomic E-state index is -0.287. The van der Waals surface area contributed by atoms with Crippen LogP contribution in [0.25, 0.3) is 0 Å². The SMILES string of the molecule is CN(C)c1ccn(CCCn2ccc(N(C)C)nc2=O)c(=O)n1. The molecule has 0 atom stereocenters. The maximum absolute atomic E-state index is 11.9. The first-order chi connectivity index (χ1) is 10.9. The van der Waals surface area contributed by atoms with Crippen LogP contribution < -0.4 is 21.2 Å². The zero-order chi connectivity index (χ0) is 17.0. The molecule has 0 bridgehead atoms. The first-order valence-electron chi connectivity index (χ1n) is 7.38. The van der Waals surface area contributed by atoms with Crippen molar-refractivity contribution < 1.29 is 0 Å². The summed E-state index contributed by atoms with van der Waals surface area (Å²) in [5, 5.41) is 0. The fraction of sp³-hybridized carbons (Fsp3) is 0.467. The van der Waals surface area contributed by atoms with E-state index in [0.29, 0.717) is 31.1 Å². The fourth-order valence-electron chi connectivity index (χ4n) is 2.09. The van der Waals surface area contributed by atoms with E-state index in [4.69, 9.17) is 0 Å². The van der Waals surface area contributed by atoms with Gasteiger partial charge in [0.1, 0.15) is 11.6 Å². The molecule has 0 aliphatic carbocycles. The molecule has 0 aromatic carbocycles. The van der Waals surface area contributed by atoms with Crippen LogP contribution in [0.3, 0.4) is 0 Å². The second-order valence-corrected chi connectivity index (χ2v) is 5.67. The molecule has 0 saturated carbocycles. The Kier molecular flexibility index (Phi) is 5.15. The van der Waals surface area contributed by atoms with E-state index in [9.17, 15) is 9.59 Å². The van der Waals surface area contributed by atoms with E-state index < -0.39 is 0 Å². The highest BCUT2D eigenvalue weighted by Crippen LogP contribution is 2.03. The number of rotatable bonds is 6. The predicted molar refractivity (Wildman–Crippen MR) is 90.3 cm³/mol. The summed E-state index contributed by atoms with van der Waals surface area (Å²) in [5.41, 5.74) is -0.575. The molecule has 0 fully saturated rings. The van der Waals surface area contributed by atoms with Gasteiger partial charge in [-0.3, -0.25) is 9.13 Å². The third kappa shape index (κ3) is 4.18. The molecular formula is C15H22N6O2. The Labute approximate surface area is 134 Å². The van der Waals surface area contributed by atoms with Crippen molar-refractivity contribution in [3.05, 3.63) is 45.5 Å². The van der Waals surface area contributed by atoms with Crippen molar-refractivity contribution >= 4 is 11.6 Å². The fourth-order valence-corrected chi connectivity index (χ4v) is 2.09. The largest absolute Gasteiger partial charge is 0.363 e. The van der Waals surface area contributed by atoms with Crippen molar-refractivity contribution in [2.75, 3.05) is 38.0 Å². The second-order valence-electron chi connectivity index (χ2n) is 5.67. The number of hydrogen-bond donors (Lipinski definition) is 0. The van der Waals surface area contributed by atoms with E-state index in [1.807, 2.05) is 28.2 Å². The standard InChI is InChI=1S/C15H22N6O2/c1-18(2)12-6-10-20(14(22)16-12)8-5-9-21-11-7-13(19(3)4)17-15(21)23/h6-7,10-11H,5,8-9H2,1-4H3. The molecule has 0 aliphatic heterocycles. The Morgan fingerprint density at radius 3 is 1.52 bits per heavy atom. The van der Waals surface area contributed by atoms with E-state index in [0.717, 1.165) is 0 Å². The van der Waals surface area contributed by atoms with Crippen molar-refractivity contribution in [3.63, 3.8) is 0 Å². The summed E-state index contributed by atoms with van der Waals surface area (Å²) in [6.07, 6.45) is 4.09. The highest BCUT2D eigenvalue weighted by molar-refractivity contribution is 5.34. The monoisotopic (exact) mass is 318 g/mol. The van der Waals surface area contributed by atoms with Crippen LogP contribution in [0.4, 0.5) is 11.6 Å². The second kappa shape index (κ2) is 7.08. The van der Waals surface area contributed by atoms with Gasteiger partial charge in [0.2, 0.25) is 0 Å². The highest BCUT2D eigenvalue weighted by Gasteiger charge is 2.04. The number of aryl methyl sites for hydroxylation is 2. The lowest BCUT2D eigenvalue weighted by atomic mass is 10.4. The van der Waals surface area contributed by atoms with Gasteiger partial charge in [0.15, 0.2) is 0 Å². The van der Waals surface area contributed by atoms with Crippen LogP contribution in [0.15, 0.2) is 34.1 Å². The van der Waals surface area contributed by atoms with Gasteiger partial charge in [0.25, 0.3) is 0 Å². The van der Waals surface area contributed by atoms with E-state index >= 15 is 0 Å². The van der Waals surface area contributed by atoms with Gasteiger partial charge in [-0.2, -0.15) is 9.97 Å². The van der Waals surface area contributed by atoms with Gasteiger partial charge in [-0.25, -0.2) is 9.59 Å². The van der Waals surface area contributed by atoms with E-state index in [2.05, 4.69) is 9.97 Å². The summed E-state index contributed by atoms with van der Waals surface area (Å²) in [6, 6.07) is 3.59. The molecule has 8 nitrogen and oxygen atoms in total. The number of hydrogen-bond acceptors (Lipinski definition) is 6. The Hall–Kier alpha value is -2.64. The minimum absolute atomic E-state index is 0.287. The van der Waals surface area contributed by atoms with E-state index in [1.54, 1.807) is 43.5 Å². The lowest BCUT2D eigenvalue weighted by molar-refractivity contribution is 0.530. The summed E-state index contributed by atoms with van der Waals surface area (Å²) >= 11 is 0. The predicted octanol–water partition coefficient (Wildman–Crippen LogP) is 0.0223. The molecule has 2 rings (SSSR count). The normalized spacial score (nSPS) is 10.6. The average molecular weight is 318 g/mol. The van der Waals surface area contributed by atoms with Gasteiger partial charge in [0, 0.05) is 53.7 Å². The molecule has 0 radical (unpaired) electrons. The number of nitrogens with zero attached hydrogens (tertiary/aromatic N) is 6. The Morgan fingerprint density at radius 1 is 0.826 bits per heavy atom. The quantitative estimate of drug-likeness (QED) is 0.747. The molecule has 0 aliphatic rings. The van der Waals surface area contributed by atoms with Crippen molar-refractivity contribution in [2.24, 2.45) is 0 Å². The maximum Gasteiger partial charge on any atom is 0.349 e. The van der Waals surface area contributed by atoms with Crippen LogP contribution >= 0.6 is 0 Å². The van der Waals surface area contributed by atoms with Gasteiger partial charge in [0.05, 0.1) is 0 Å². The summed E-state index contributed by atoms with van der Waals surface area (Å²) in [5.74, 6) is 1.26. The zero-order valence-corrected chi connectivity index (χ0v) is 13.9. The van der Waals surface area contributed by atoms with Gasteiger partial charge in [-0.1, -0.05) is 0 Å². The average Bonchev–Trinajstić information content (AvgIpc) is 2.49. The van der Waals surface area contributed by atoms with Crippen molar-refractivity contribution in [3.8, 4) is 0 Å². The van der Waals surface area contributed by atoms with Crippen molar-refractivity contribution in [1.82, 2.24) is 19.1 Å². The van der Waals surface area contributed by atoms with Crippen LogP contribution in [-0.4, -0.2) is 47.3 Å². The third-order valence-corrected chi connectivity index (χ3v) is 3.43. The molecule has 23 heavy (non-hydrogen) atoms. The van der Waals surface area contributed by atoms with Crippen molar-refractivity contribution in [2.45, 2.75) is 19.5 Å². The summed E-state index contributed by atoms with van der Waals surface area (Å²) in [7, 11) is 7.34. The van der Waals surface area contributed by atoms with Crippen molar-refractivity contribution in [1.29, 1.82) is 0 Å². The smallest absolute Gasteiger partial charge is 0.349 e. The zero-order valence-electron chi connectivity index (χ0n) is 13.9. The Balaban J connectivity index is 2.00. The van der Waals surface area contributed by atoms with Gasteiger partial charge in [-0.15, -0.1) is 0 Å². The molecule has 0 unspecified atom stereocenters. The number of anilines is 2. The van der Waals surface area contributed by atoms with E-state index in [1.165, 1.54) is 0 Å². The molecule has 2 aromatic heterocycles. The van der Waals surface area contributed by atoms with Gasteiger partial charge in [-0.05, 0) is 18.6 Å². The lowest BCUT2D eigenvalue weighted by Gasteiger charge is -2.13. The summed E-state index contributed by atoms with van der Waals surface area (Å²) in [4.78, 5) is 35.4. The van der Waals surface area contributed by atoms with Crippen LogP contribution in [0, 0.1) is 0 Å². The number of aromatic nitrogens is 4. The molecule has 0 saturated heterocycles. The maximum atomic E-state index is 11.9. The molecule has 0 N–H and O–H groups in total. The van der Waals surface area contributed by atoms with Gasteiger partial charge >= 0.3 is 11.4 Å². The summed E-state index contributed by atoms with van der Waals surface area (Å²) < 4.78 is 3.08. The van der Waals surface area contributed by atoms with E-state index in [-0.39, 0.29) is 11.4 Å². The van der Waals surface area contributed by atoms with Crippen LogP contribution in [0.2, 0.25) is 0 Å². The lowest BCUT2D eigenvalue weighted by Crippen LogP contribution is -2.28. The molecule has 124 valence electrons. The molecule has 0 spiro atoms. The van der Waals surface area contributed by atoms with Gasteiger partial charge < -0.3 is 9.80 Å². The highest BCUT2D eigenvalue weighted by atomic mass is 16.1. The van der Waals surface area contributed by atoms with Crippen LogP contribution in [0.1, 0.15) is 6.42 Å². The molecule has 2 heterocycles. The Bertz CT molecular complexity index is 713. The van der Waals surface area contributed by atoms with Crippen LogP contribution in [0.5, 0.6) is 0 Å². The Morgan fingerprint density at radius 2 is 1.22 bits per heavy atom. The van der Waals surface area contributed by atoms with Crippen LogP contribution in [-0.2, 0) is 13.1 Å². The molecule has 2 aromatic rings. The topological polar surface area (TPSA) is 76.3 Å².